The first-order chi connectivity index (χ1) is 10.5. The van der Waals surface area contributed by atoms with Crippen LogP contribution in [-0.4, -0.2) is 10.9 Å². The van der Waals surface area contributed by atoms with Gasteiger partial charge in [-0.1, -0.05) is 11.6 Å². The van der Waals surface area contributed by atoms with E-state index >= 15 is 0 Å². The number of carbonyl (C=O) groups excluding carboxylic acids is 1. The van der Waals surface area contributed by atoms with Gasteiger partial charge in [-0.25, -0.2) is 9.37 Å². The van der Waals surface area contributed by atoms with Crippen LogP contribution in [0.5, 0.6) is 0 Å². The topological polar surface area (TPSA) is 42.0 Å². The monoisotopic (exact) mass is 352 g/mol. The molecule has 1 N–H and O–H groups in total. The summed E-state index contributed by atoms with van der Waals surface area (Å²) < 4.78 is 13.7. The summed E-state index contributed by atoms with van der Waals surface area (Å²) in [5.74, 6) is -1.20. The van der Waals surface area contributed by atoms with Gasteiger partial charge in [0, 0.05) is 15.3 Å². The maximum Gasteiger partial charge on any atom is 0.260 e. The van der Waals surface area contributed by atoms with Crippen molar-refractivity contribution < 1.29 is 9.18 Å². The lowest BCUT2D eigenvalue weighted by atomic mass is 10.2. The van der Waals surface area contributed by atoms with E-state index in [9.17, 15) is 9.18 Å². The Bertz CT molecular complexity index is 844. The molecule has 0 aliphatic carbocycles. The number of anilines is 1. The third-order valence-corrected chi connectivity index (χ3v) is 4.91. The molecule has 0 unspecified atom stereocenters. The molecule has 0 radical (unpaired) electrons. The second-order valence-corrected chi connectivity index (χ2v) is 7.11. The molecule has 0 aliphatic rings. The van der Waals surface area contributed by atoms with E-state index in [-0.39, 0.29) is 10.6 Å². The van der Waals surface area contributed by atoms with Crippen molar-refractivity contribution >= 4 is 45.3 Å². The van der Waals surface area contributed by atoms with E-state index in [1.165, 1.54) is 28.3 Å². The molecule has 1 aromatic carbocycles. The molecular weight excluding hydrogens is 343 g/mol. The molecule has 2 aromatic heterocycles. The Morgan fingerprint density at radius 2 is 2.14 bits per heavy atom. The Kier molecular flexibility index (Phi) is 4.24. The highest BCUT2D eigenvalue weighted by molar-refractivity contribution is 7.17. The summed E-state index contributed by atoms with van der Waals surface area (Å²) in [6.45, 7) is 2.02. The lowest BCUT2D eigenvalue weighted by Gasteiger charge is -2.03. The van der Waals surface area contributed by atoms with Gasteiger partial charge in [0.15, 0.2) is 5.13 Å². The van der Waals surface area contributed by atoms with Crippen LogP contribution in [0.25, 0.3) is 10.6 Å². The zero-order chi connectivity index (χ0) is 15.7. The van der Waals surface area contributed by atoms with Gasteiger partial charge in [-0.2, -0.15) is 0 Å². The van der Waals surface area contributed by atoms with Gasteiger partial charge in [0.1, 0.15) is 5.82 Å². The Labute approximate surface area is 139 Å². The van der Waals surface area contributed by atoms with Gasteiger partial charge >= 0.3 is 0 Å². The predicted molar refractivity (Wildman–Crippen MR) is 89.5 cm³/mol. The smallest absolute Gasteiger partial charge is 0.260 e. The maximum absolute atomic E-state index is 13.7. The van der Waals surface area contributed by atoms with Crippen molar-refractivity contribution in [2.45, 2.75) is 6.92 Å². The minimum Gasteiger partial charge on any atom is -0.298 e. The number of nitrogens with one attached hydrogen (secondary N) is 1. The first-order valence-electron chi connectivity index (χ1n) is 6.31. The highest BCUT2D eigenvalue weighted by Gasteiger charge is 2.14. The Morgan fingerprint density at radius 3 is 2.82 bits per heavy atom. The molecule has 3 aromatic rings. The van der Waals surface area contributed by atoms with Gasteiger partial charge in [-0.3, -0.25) is 10.1 Å². The largest absolute Gasteiger partial charge is 0.298 e. The number of hydrogen-bond acceptors (Lipinski definition) is 4. The summed E-state index contributed by atoms with van der Waals surface area (Å²) in [5, 5.41) is 5.15. The third-order valence-electron chi connectivity index (χ3n) is 2.89. The summed E-state index contributed by atoms with van der Waals surface area (Å²) in [7, 11) is 0. The number of benzene rings is 1. The van der Waals surface area contributed by atoms with E-state index in [1.54, 1.807) is 11.3 Å². The lowest BCUT2D eigenvalue weighted by molar-refractivity contribution is 0.102. The molecule has 0 bridgehead atoms. The fraction of sp³-hybridized carbons (Fsp3) is 0.0667. The van der Waals surface area contributed by atoms with Crippen LogP contribution >= 0.6 is 34.3 Å². The van der Waals surface area contributed by atoms with Gasteiger partial charge < -0.3 is 0 Å². The van der Waals surface area contributed by atoms with E-state index in [4.69, 9.17) is 11.6 Å². The standard InChI is InChI=1S/C15H10ClFN2OS2/c1-8-2-5-13(22-8)12-7-21-15(18-12)19-14(20)10-4-3-9(16)6-11(10)17/h2-7H,1H3,(H,18,19,20). The van der Waals surface area contributed by atoms with Crippen LogP contribution in [0, 0.1) is 12.7 Å². The highest BCUT2D eigenvalue weighted by Crippen LogP contribution is 2.30. The van der Waals surface area contributed by atoms with E-state index in [2.05, 4.69) is 10.3 Å². The predicted octanol–water partition coefficient (Wildman–Crippen LogP) is 5.22. The van der Waals surface area contributed by atoms with Gasteiger partial charge in [-0.15, -0.1) is 22.7 Å². The fourth-order valence-corrected chi connectivity index (χ4v) is 3.62. The maximum atomic E-state index is 13.7. The fourth-order valence-electron chi connectivity index (χ4n) is 1.85. The van der Waals surface area contributed by atoms with E-state index in [1.807, 2.05) is 24.4 Å². The van der Waals surface area contributed by atoms with Crippen LogP contribution in [0.1, 0.15) is 15.2 Å². The van der Waals surface area contributed by atoms with Gasteiger partial charge in [0.05, 0.1) is 16.1 Å². The van der Waals surface area contributed by atoms with Crippen molar-refractivity contribution in [1.29, 1.82) is 0 Å². The minimum absolute atomic E-state index is 0.0619. The number of amides is 1. The number of aromatic nitrogens is 1. The number of carbonyl (C=O) groups is 1. The SMILES string of the molecule is Cc1ccc(-c2csc(NC(=O)c3ccc(Cl)cc3F)n2)s1. The number of rotatable bonds is 3. The van der Waals surface area contributed by atoms with Crippen molar-refractivity contribution in [3.05, 3.63) is 57.0 Å². The zero-order valence-corrected chi connectivity index (χ0v) is 13.8. The molecule has 0 saturated carbocycles. The summed E-state index contributed by atoms with van der Waals surface area (Å²) >= 11 is 8.61. The highest BCUT2D eigenvalue weighted by atomic mass is 35.5. The van der Waals surface area contributed by atoms with E-state index in [0.717, 1.165) is 16.6 Å². The molecule has 0 saturated heterocycles. The van der Waals surface area contributed by atoms with Crippen LogP contribution in [0.2, 0.25) is 5.02 Å². The van der Waals surface area contributed by atoms with Crippen molar-refractivity contribution in [1.82, 2.24) is 4.98 Å². The first kappa shape index (κ1) is 15.1. The third kappa shape index (κ3) is 3.19. The van der Waals surface area contributed by atoms with Crippen molar-refractivity contribution in [2.75, 3.05) is 5.32 Å². The normalized spacial score (nSPS) is 10.7. The molecular formula is C15H10ClFN2OS2. The Morgan fingerprint density at radius 1 is 1.32 bits per heavy atom. The van der Waals surface area contributed by atoms with Gasteiger partial charge in [0.25, 0.3) is 5.91 Å². The molecule has 7 heteroatoms. The number of nitrogens with zero attached hydrogens (tertiary/aromatic N) is 1. The Balaban J connectivity index is 1.79. The molecule has 1 amide bonds. The summed E-state index contributed by atoms with van der Waals surface area (Å²) in [5.41, 5.74) is 0.739. The number of halogens is 2. The van der Waals surface area contributed by atoms with Gasteiger partial charge in [0.2, 0.25) is 0 Å². The average molecular weight is 353 g/mol. The van der Waals surface area contributed by atoms with Gasteiger partial charge in [-0.05, 0) is 37.3 Å². The molecule has 0 atom stereocenters. The molecule has 3 nitrogen and oxygen atoms in total. The number of hydrogen-bond donors (Lipinski definition) is 1. The minimum atomic E-state index is -0.657. The molecule has 0 spiro atoms. The zero-order valence-electron chi connectivity index (χ0n) is 11.4. The van der Waals surface area contributed by atoms with Crippen molar-refractivity contribution in [2.24, 2.45) is 0 Å². The van der Waals surface area contributed by atoms with Crippen LogP contribution in [0.15, 0.2) is 35.7 Å². The lowest BCUT2D eigenvalue weighted by Crippen LogP contribution is -2.13. The summed E-state index contributed by atoms with van der Waals surface area (Å²) in [6.07, 6.45) is 0. The second kappa shape index (κ2) is 6.16. The summed E-state index contributed by atoms with van der Waals surface area (Å²) in [4.78, 5) is 18.7. The van der Waals surface area contributed by atoms with E-state index < -0.39 is 11.7 Å². The molecule has 0 aliphatic heterocycles. The average Bonchev–Trinajstić information content (AvgIpc) is 3.07. The Hall–Kier alpha value is -1.76. The molecule has 22 heavy (non-hydrogen) atoms. The molecule has 112 valence electrons. The number of aryl methyl sites for hydroxylation is 1. The van der Waals surface area contributed by atoms with Crippen molar-refractivity contribution in [3.63, 3.8) is 0 Å². The van der Waals surface area contributed by atoms with Crippen molar-refractivity contribution in [3.8, 4) is 10.6 Å². The van der Waals surface area contributed by atoms with Crippen LogP contribution in [0.3, 0.4) is 0 Å². The first-order valence-corrected chi connectivity index (χ1v) is 8.39. The number of thiophene rings is 1. The molecule has 2 heterocycles. The van der Waals surface area contributed by atoms with E-state index in [0.29, 0.717) is 5.13 Å². The van der Waals surface area contributed by atoms with Crippen LogP contribution < -0.4 is 5.32 Å². The second-order valence-electron chi connectivity index (χ2n) is 4.53. The molecule has 3 rings (SSSR count). The summed E-state index contributed by atoms with van der Waals surface area (Å²) in [6, 6.07) is 7.93. The quantitative estimate of drug-likeness (QED) is 0.701. The molecule has 0 fully saturated rings. The van der Waals surface area contributed by atoms with Crippen LogP contribution in [-0.2, 0) is 0 Å². The van der Waals surface area contributed by atoms with Crippen LogP contribution in [0.4, 0.5) is 9.52 Å². The number of thiazole rings is 1.